The minimum Gasteiger partial charge on any atom is -0.310 e. The Kier molecular flexibility index (Phi) is 10.2. The van der Waals surface area contributed by atoms with Gasteiger partial charge in [0.1, 0.15) is 9.67 Å². The molecule has 0 fully saturated rings. The smallest absolute Gasteiger partial charge is 0.310 e. The van der Waals surface area contributed by atoms with E-state index in [9.17, 15) is 4.57 Å². The number of alkyl halides is 4. The summed E-state index contributed by atoms with van der Waals surface area (Å²) in [7, 11) is 0. The van der Waals surface area contributed by atoms with Crippen LogP contribution < -0.4 is 0 Å². The fourth-order valence-corrected chi connectivity index (χ4v) is 4.40. The van der Waals surface area contributed by atoms with Gasteiger partial charge in [-0.15, -0.1) is 46.4 Å². The molecule has 0 rings (SSSR count). The van der Waals surface area contributed by atoms with Crippen LogP contribution in [-0.4, -0.2) is 22.0 Å². The Morgan fingerprint density at radius 3 is 2.13 bits per heavy atom. The second kappa shape index (κ2) is 8.99. The van der Waals surface area contributed by atoms with Gasteiger partial charge in [0.25, 0.3) is 0 Å². The summed E-state index contributed by atoms with van der Waals surface area (Å²) in [6.07, 6.45) is 0.884. The first kappa shape index (κ1) is 17.0. The van der Waals surface area contributed by atoms with Gasteiger partial charge in [0.05, 0.1) is 6.61 Å². The molecule has 0 radical (unpaired) electrons. The molecule has 15 heavy (non-hydrogen) atoms. The first-order valence-corrected chi connectivity index (χ1v) is 9.85. The van der Waals surface area contributed by atoms with Crippen LogP contribution in [0.1, 0.15) is 12.8 Å². The lowest BCUT2D eigenvalue weighted by Crippen LogP contribution is -1.95. The number of rotatable bonds is 8. The van der Waals surface area contributed by atoms with Gasteiger partial charge in [-0.25, -0.2) is 0 Å². The van der Waals surface area contributed by atoms with Crippen molar-refractivity contribution >= 4 is 74.9 Å². The van der Waals surface area contributed by atoms with Crippen molar-refractivity contribution in [1.82, 2.24) is 0 Å². The number of hydrogen-bond donors (Lipinski definition) is 0. The van der Waals surface area contributed by atoms with Crippen LogP contribution in [0.5, 0.6) is 0 Å². The Balaban J connectivity index is 3.63. The van der Waals surface area contributed by atoms with Crippen molar-refractivity contribution in [2.24, 2.45) is 0 Å². The highest BCUT2D eigenvalue weighted by Crippen LogP contribution is 2.64. The van der Waals surface area contributed by atoms with Crippen molar-refractivity contribution in [3.8, 4) is 0 Å². The van der Waals surface area contributed by atoms with Crippen molar-refractivity contribution in [3.63, 3.8) is 0 Å². The summed E-state index contributed by atoms with van der Waals surface area (Å²) in [6, 6.07) is 0. The van der Waals surface area contributed by atoms with Crippen molar-refractivity contribution in [1.29, 1.82) is 0 Å². The monoisotopic (exact) mass is 352 g/mol. The van der Waals surface area contributed by atoms with E-state index in [2.05, 4.69) is 0 Å². The highest BCUT2D eigenvalue weighted by Gasteiger charge is 2.20. The molecule has 92 valence electrons. The molecule has 0 N–H and O–H groups in total. The highest BCUT2D eigenvalue weighted by atomic mass is 35.7. The SMILES string of the molecule is O=P(Cl)(OCCC(Cl)Cl)SCCC(Cl)Cl. The topological polar surface area (TPSA) is 26.3 Å². The summed E-state index contributed by atoms with van der Waals surface area (Å²) < 4.78 is 16.5. The largest absolute Gasteiger partial charge is 0.346 e. The van der Waals surface area contributed by atoms with Gasteiger partial charge < -0.3 is 4.52 Å². The third-order valence-corrected chi connectivity index (χ3v) is 6.21. The molecule has 1 atom stereocenters. The predicted octanol–water partition coefficient (Wildman–Crippen LogP) is 5.47. The first-order chi connectivity index (χ1) is 6.83. The standard InChI is InChI=1S/C6H10Cl5O2PS/c7-5(8)1-3-13-14(11,12)15-4-2-6(9)10/h5-6H,1-4H2. The molecule has 0 aromatic carbocycles. The molecule has 0 aromatic heterocycles. The fourth-order valence-electron chi connectivity index (χ4n) is 0.539. The molecule has 0 heterocycles. The maximum absolute atomic E-state index is 11.5. The number of hydrogen-bond acceptors (Lipinski definition) is 3. The minimum atomic E-state index is -3.15. The molecule has 0 saturated carbocycles. The highest BCUT2D eigenvalue weighted by molar-refractivity contribution is 8.63. The molecule has 1 unspecified atom stereocenters. The summed E-state index contributed by atoms with van der Waals surface area (Å²) in [5.74, 6) is -2.67. The molecule has 0 aliphatic rings. The summed E-state index contributed by atoms with van der Waals surface area (Å²) in [5, 5.41) is 0. The van der Waals surface area contributed by atoms with Gasteiger partial charge in [-0.2, -0.15) is 0 Å². The summed E-state index contributed by atoms with van der Waals surface area (Å²) in [4.78, 5) is -1.02. The van der Waals surface area contributed by atoms with Gasteiger partial charge in [0, 0.05) is 12.2 Å². The lowest BCUT2D eigenvalue weighted by Gasteiger charge is -2.10. The fraction of sp³-hybridized carbons (Fsp3) is 1.00. The molecular formula is C6H10Cl5O2PS. The van der Waals surface area contributed by atoms with E-state index in [1.807, 2.05) is 0 Å². The van der Waals surface area contributed by atoms with Crippen LogP contribution in [0.2, 0.25) is 0 Å². The van der Waals surface area contributed by atoms with E-state index >= 15 is 0 Å². The molecule has 9 heteroatoms. The zero-order chi connectivity index (χ0) is 11.9. The Bertz CT molecular complexity index is 198. The van der Waals surface area contributed by atoms with E-state index in [4.69, 9.17) is 62.2 Å². The maximum atomic E-state index is 11.5. The van der Waals surface area contributed by atoms with Crippen LogP contribution in [0.15, 0.2) is 0 Å². The van der Waals surface area contributed by atoms with E-state index in [-0.39, 0.29) is 6.61 Å². The van der Waals surface area contributed by atoms with Gasteiger partial charge in [-0.1, -0.05) is 11.4 Å². The van der Waals surface area contributed by atoms with Crippen LogP contribution in [0.25, 0.3) is 0 Å². The van der Waals surface area contributed by atoms with Gasteiger partial charge in [0.2, 0.25) is 0 Å². The summed E-state index contributed by atoms with van der Waals surface area (Å²) in [5.41, 5.74) is 0. The molecule has 0 saturated heterocycles. The molecule has 0 bridgehead atoms. The van der Waals surface area contributed by atoms with Crippen LogP contribution >= 0.6 is 74.9 Å². The third-order valence-electron chi connectivity index (χ3n) is 1.16. The first-order valence-electron chi connectivity index (χ1n) is 3.98. The lowest BCUT2D eigenvalue weighted by atomic mass is 10.5. The summed E-state index contributed by atoms with van der Waals surface area (Å²) >= 11 is 28.5. The Morgan fingerprint density at radius 1 is 1.13 bits per heavy atom. The second-order valence-corrected chi connectivity index (χ2v) is 10.9. The molecule has 2 nitrogen and oxygen atoms in total. The van der Waals surface area contributed by atoms with Crippen molar-refractivity contribution < 1.29 is 9.09 Å². The van der Waals surface area contributed by atoms with Crippen molar-refractivity contribution in [2.45, 2.75) is 22.5 Å². The molecule has 0 aromatic rings. The Hall–Kier alpha value is 1.99. The van der Waals surface area contributed by atoms with Gasteiger partial charge in [-0.3, -0.25) is 4.57 Å². The predicted molar refractivity (Wildman–Crippen MR) is 72.1 cm³/mol. The Morgan fingerprint density at radius 2 is 1.67 bits per heavy atom. The van der Waals surface area contributed by atoms with Crippen LogP contribution in [-0.2, 0) is 9.09 Å². The van der Waals surface area contributed by atoms with Gasteiger partial charge in [-0.05, 0) is 17.7 Å². The summed E-state index contributed by atoms with van der Waals surface area (Å²) in [6.45, 7) is 0.163. The zero-order valence-corrected chi connectivity index (χ0v) is 13.0. The van der Waals surface area contributed by atoms with E-state index in [0.717, 1.165) is 11.4 Å². The van der Waals surface area contributed by atoms with Crippen LogP contribution in [0.3, 0.4) is 0 Å². The molecule has 0 aliphatic carbocycles. The van der Waals surface area contributed by atoms with E-state index in [1.165, 1.54) is 0 Å². The van der Waals surface area contributed by atoms with Gasteiger partial charge >= 0.3 is 5.92 Å². The normalized spacial score (nSPS) is 15.9. The van der Waals surface area contributed by atoms with E-state index in [1.54, 1.807) is 0 Å². The third kappa shape index (κ3) is 12.2. The Labute approximate surface area is 118 Å². The van der Waals surface area contributed by atoms with Gasteiger partial charge in [0.15, 0.2) is 0 Å². The molecule has 0 amide bonds. The second-order valence-electron chi connectivity index (χ2n) is 2.46. The minimum absolute atomic E-state index is 0.163. The quantitative estimate of drug-likeness (QED) is 0.427. The zero-order valence-electron chi connectivity index (χ0n) is 7.54. The molecular weight excluding hydrogens is 344 g/mol. The lowest BCUT2D eigenvalue weighted by molar-refractivity contribution is 0.332. The van der Waals surface area contributed by atoms with Crippen LogP contribution in [0.4, 0.5) is 0 Å². The van der Waals surface area contributed by atoms with Crippen molar-refractivity contribution in [2.75, 3.05) is 12.4 Å². The van der Waals surface area contributed by atoms with Crippen molar-refractivity contribution in [3.05, 3.63) is 0 Å². The van der Waals surface area contributed by atoms with Crippen LogP contribution in [0, 0.1) is 0 Å². The molecule has 0 spiro atoms. The average molecular weight is 354 g/mol. The maximum Gasteiger partial charge on any atom is 0.346 e. The van der Waals surface area contributed by atoms with E-state index < -0.39 is 15.6 Å². The number of halogens is 5. The molecule has 0 aliphatic heterocycles. The average Bonchev–Trinajstić information content (AvgIpc) is 2.01. The van der Waals surface area contributed by atoms with E-state index in [0.29, 0.717) is 18.6 Å².